The number of benzene rings is 1. The molecule has 5 rings (SSSR count). The van der Waals surface area contributed by atoms with Crippen molar-refractivity contribution in [3.63, 3.8) is 0 Å². The molecule has 18 heteroatoms. The summed E-state index contributed by atoms with van der Waals surface area (Å²) in [6.45, 7) is 0. The van der Waals surface area contributed by atoms with E-state index in [9.17, 15) is 39.5 Å². The summed E-state index contributed by atoms with van der Waals surface area (Å²) in [5, 5.41) is 17.5. The number of halogens is 9. The number of imidazole rings is 1. The van der Waals surface area contributed by atoms with Crippen LogP contribution in [0.25, 0.3) is 33.9 Å². The first kappa shape index (κ1) is 31.4. The Labute approximate surface area is 227 Å². The van der Waals surface area contributed by atoms with Gasteiger partial charge in [0.15, 0.2) is 0 Å². The molecule has 0 spiro atoms. The molecule has 42 heavy (non-hydrogen) atoms. The highest BCUT2D eigenvalue weighted by atomic mass is 19.4. The Kier molecular flexibility index (Phi) is 8.78. The molecular weight excluding hydrogens is 593 g/mol. The fourth-order valence-corrected chi connectivity index (χ4v) is 3.28. The van der Waals surface area contributed by atoms with E-state index in [1.807, 2.05) is 12.1 Å². The van der Waals surface area contributed by atoms with Crippen molar-refractivity contribution >= 4 is 23.4 Å². The summed E-state index contributed by atoms with van der Waals surface area (Å²) in [5.41, 5.74) is 3.26. The lowest BCUT2D eigenvalue weighted by Crippen LogP contribution is -2.21. The molecule has 222 valence electrons. The Morgan fingerprint density at radius 3 is 1.98 bits per heavy atom. The van der Waals surface area contributed by atoms with E-state index in [0.29, 0.717) is 28.6 Å². The van der Waals surface area contributed by atoms with Crippen molar-refractivity contribution in [3.05, 3.63) is 66.6 Å². The molecule has 0 aliphatic carbocycles. The number of hydrogen-bond acceptors (Lipinski definition) is 6. The Balaban J connectivity index is 0.000000289. The third kappa shape index (κ3) is 7.52. The van der Waals surface area contributed by atoms with Crippen molar-refractivity contribution < 1.29 is 59.3 Å². The first-order valence-electron chi connectivity index (χ1n) is 10.9. The van der Waals surface area contributed by atoms with Crippen molar-refractivity contribution in [2.75, 3.05) is 5.32 Å². The molecule has 4 aromatic rings. The molecule has 3 aromatic heterocycles. The van der Waals surface area contributed by atoms with Crippen molar-refractivity contribution in [1.29, 1.82) is 0 Å². The number of aromatic amines is 1. The van der Waals surface area contributed by atoms with Crippen LogP contribution >= 0.6 is 0 Å². The van der Waals surface area contributed by atoms with Crippen LogP contribution in [0.2, 0.25) is 0 Å². The van der Waals surface area contributed by atoms with Crippen LogP contribution in [0.5, 0.6) is 0 Å². The minimum atomic E-state index is -5.08. The lowest BCUT2D eigenvalue weighted by atomic mass is 10.1. The Bertz CT molecular complexity index is 1510. The number of nitrogens with zero attached hydrogens (tertiary/aromatic N) is 3. The van der Waals surface area contributed by atoms with Gasteiger partial charge in [-0.1, -0.05) is 12.1 Å². The molecule has 0 fully saturated rings. The van der Waals surface area contributed by atoms with Gasteiger partial charge in [-0.3, -0.25) is 4.98 Å². The van der Waals surface area contributed by atoms with E-state index >= 15 is 0 Å². The summed E-state index contributed by atoms with van der Waals surface area (Å²) in [6, 6.07) is 10.6. The number of alkyl halides is 9. The van der Waals surface area contributed by atoms with E-state index in [1.165, 1.54) is 6.07 Å². The van der Waals surface area contributed by atoms with Crippen LogP contribution in [0.4, 0.5) is 51.0 Å². The van der Waals surface area contributed by atoms with Crippen LogP contribution in [-0.4, -0.2) is 54.4 Å². The van der Waals surface area contributed by atoms with Crippen molar-refractivity contribution in [2.45, 2.75) is 18.5 Å². The number of hydrogen-bond donors (Lipinski definition) is 4. The molecule has 0 saturated heterocycles. The number of H-pyrrole nitrogens is 1. The maximum Gasteiger partial charge on any atom is 0.490 e. The molecule has 0 unspecified atom stereocenters. The second kappa shape index (κ2) is 11.8. The van der Waals surface area contributed by atoms with Crippen LogP contribution < -0.4 is 5.32 Å². The Morgan fingerprint density at radius 1 is 0.786 bits per heavy atom. The quantitative estimate of drug-likeness (QED) is 0.158. The number of rotatable bonds is 1. The zero-order chi connectivity index (χ0) is 31.5. The maximum atomic E-state index is 13.1. The molecule has 1 aromatic carbocycles. The number of pyridine rings is 2. The molecule has 4 N–H and O–H groups in total. The number of anilines is 2. The molecule has 9 nitrogen and oxygen atoms in total. The average Bonchev–Trinajstić information content (AvgIpc) is 3.29. The topological polar surface area (TPSA) is 141 Å². The lowest BCUT2D eigenvalue weighted by molar-refractivity contribution is -0.193. The van der Waals surface area contributed by atoms with Gasteiger partial charge in [-0.05, 0) is 30.3 Å². The van der Waals surface area contributed by atoms with Crippen LogP contribution in [0, 0.1) is 0 Å². The zero-order valence-electron chi connectivity index (χ0n) is 20.2. The minimum Gasteiger partial charge on any atom is -0.475 e. The van der Waals surface area contributed by atoms with Gasteiger partial charge in [-0.25, -0.2) is 19.6 Å². The average molecular weight is 607 g/mol. The van der Waals surface area contributed by atoms with Crippen LogP contribution in [0.15, 0.2) is 61.1 Å². The van der Waals surface area contributed by atoms with Gasteiger partial charge >= 0.3 is 30.5 Å². The first-order valence-corrected chi connectivity index (χ1v) is 10.9. The number of carboxylic acid groups (broad SMARTS) is 2. The summed E-state index contributed by atoms with van der Waals surface area (Å²) in [5.74, 6) is -4.55. The molecule has 0 bridgehead atoms. The number of fused-ring (bicyclic) bond motifs is 5. The molecular formula is C24H14F9N5O4. The maximum absolute atomic E-state index is 13.1. The third-order valence-corrected chi connectivity index (χ3v) is 5.06. The molecule has 0 atom stereocenters. The second-order valence-electron chi connectivity index (χ2n) is 7.94. The minimum absolute atomic E-state index is 0.357. The summed E-state index contributed by atoms with van der Waals surface area (Å²) < 4.78 is 103. The number of carbonyl (C=O) groups is 2. The molecule has 4 heterocycles. The van der Waals surface area contributed by atoms with E-state index in [4.69, 9.17) is 19.8 Å². The highest BCUT2D eigenvalue weighted by molar-refractivity contribution is 5.95. The van der Waals surface area contributed by atoms with Gasteiger partial charge < -0.3 is 20.5 Å². The number of nitrogens with one attached hydrogen (secondary N) is 2. The van der Waals surface area contributed by atoms with Crippen LogP contribution in [-0.2, 0) is 15.8 Å². The largest absolute Gasteiger partial charge is 0.490 e. The normalized spacial score (nSPS) is 12.0. The standard InChI is InChI=1S/C20H12F3N5.2C2HF3O2/c21-20(22,23)12-4-1-3-11(9-12)18-27-16-13-6-8-24-10-15(13)26-19-14(17(16)28-18)5-2-7-25-19;2*3-2(4,5)1(6)7/h1-10H,(H,25,26)(H,27,28);2*(H,6,7). The SMILES string of the molecule is FC(F)(F)c1cccc(-c2nc3c([nH]2)-c2ccncc2Nc2ncccc2-3)c1.O=C(O)C(F)(F)F.O=C(O)C(F)(F)F. The third-order valence-electron chi connectivity index (χ3n) is 5.06. The smallest absolute Gasteiger partial charge is 0.475 e. The molecule has 0 amide bonds. The first-order chi connectivity index (χ1) is 19.4. The van der Waals surface area contributed by atoms with Gasteiger partial charge in [0.1, 0.15) is 17.3 Å². The summed E-state index contributed by atoms with van der Waals surface area (Å²) in [7, 11) is 0. The fourth-order valence-electron chi connectivity index (χ4n) is 3.28. The predicted molar refractivity (Wildman–Crippen MR) is 126 cm³/mol. The van der Waals surface area contributed by atoms with Gasteiger partial charge in [-0.15, -0.1) is 0 Å². The van der Waals surface area contributed by atoms with Gasteiger partial charge in [0, 0.05) is 29.1 Å². The van der Waals surface area contributed by atoms with Gasteiger partial charge in [0.05, 0.1) is 23.1 Å². The van der Waals surface area contributed by atoms with E-state index in [2.05, 4.69) is 25.3 Å². The van der Waals surface area contributed by atoms with Crippen LogP contribution in [0.3, 0.4) is 0 Å². The highest BCUT2D eigenvalue weighted by Crippen LogP contribution is 2.43. The zero-order valence-corrected chi connectivity index (χ0v) is 20.2. The van der Waals surface area contributed by atoms with E-state index in [0.717, 1.165) is 28.9 Å². The Hall–Kier alpha value is -5.16. The van der Waals surface area contributed by atoms with Crippen molar-refractivity contribution in [1.82, 2.24) is 19.9 Å². The summed E-state index contributed by atoms with van der Waals surface area (Å²) in [6.07, 6.45) is -9.60. The molecule has 0 saturated carbocycles. The molecule has 1 aliphatic heterocycles. The fraction of sp³-hybridized carbons (Fsp3) is 0.125. The van der Waals surface area contributed by atoms with Crippen LogP contribution in [0.1, 0.15) is 5.56 Å². The van der Waals surface area contributed by atoms with Gasteiger partial charge in [-0.2, -0.15) is 39.5 Å². The summed E-state index contributed by atoms with van der Waals surface area (Å²) in [4.78, 5) is 34.1. The Morgan fingerprint density at radius 2 is 1.40 bits per heavy atom. The van der Waals surface area contributed by atoms with Gasteiger partial charge in [0.2, 0.25) is 0 Å². The number of carboxylic acids is 2. The lowest BCUT2D eigenvalue weighted by Gasteiger charge is -2.09. The van der Waals surface area contributed by atoms with Crippen molar-refractivity contribution in [2.24, 2.45) is 0 Å². The number of aromatic nitrogens is 4. The highest BCUT2D eigenvalue weighted by Gasteiger charge is 2.39. The van der Waals surface area contributed by atoms with E-state index in [-0.39, 0.29) is 0 Å². The predicted octanol–water partition coefficient (Wildman–Crippen LogP) is 6.54. The van der Waals surface area contributed by atoms with E-state index in [1.54, 1.807) is 30.7 Å². The molecule has 1 aliphatic rings. The van der Waals surface area contributed by atoms with Crippen molar-refractivity contribution in [3.8, 4) is 33.9 Å². The summed E-state index contributed by atoms with van der Waals surface area (Å²) >= 11 is 0. The molecule has 0 radical (unpaired) electrons. The van der Waals surface area contributed by atoms with Gasteiger partial charge in [0.25, 0.3) is 0 Å². The number of aliphatic carboxylic acids is 2. The monoisotopic (exact) mass is 607 g/mol. The second-order valence-corrected chi connectivity index (χ2v) is 7.94. The van der Waals surface area contributed by atoms with E-state index < -0.39 is 36.0 Å².